The number of hydrogen-bond acceptors (Lipinski definition) is 5. The van der Waals surface area contributed by atoms with Crippen LogP contribution < -0.4 is 5.73 Å². The highest BCUT2D eigenvalue weighted by atomic mass is 32.1. The Kier molecular flexibility index (Phi) is 4.64. The maximum absolute atomic E-state index is 12.4. The lowest BCUT2D eigenvalue weighted by Gasteiger charge is -2.37. The first-order chi connectivity index (χ1) is 9.91. The van der Waals surface area contributed by atoms with Gasteiger partial charge in [-0.3, -0.25) is 9.69 Å². The summed E-state index contributed by atoms with van der Waals surface area (Å²) in [6, 6.07) is 4.38. The van der Waals surface area contributed by atoms with Crippen molar-refractivity contribution in [1.29, 1.82) is 0 Å². The minimum atomic E-state index is -0.374. The molecule has 114 valence electrons. The second-order valence-electron chi connectivity index (χ2n) is 5.08. The number of benzene rings is 1. The van der Waals surface area contributed by atoms with Gasteiger partial charge in [0.2, 0.25) is 0 Å². The van der Waals surface area contributed by atoms with Crippen LogP contribution in [-0.2, 0) is 0 Å². The Morgan fingerprint density at radius 2 is 1.90 bits per heavy atom. The molecule has 1 aromatic rings. The molecule has 2 rings (SSSR count). The van der Waals surface area contributed by atoms with Gasteiger partial charge < -0.3 is 20.8 Å². The number of amides is 1. The van der Waals surface area contributed by atoms with Gasteiger partial charge in [-0.15, -0.1) is 0 Å². The van der Waals surface area contributed by atoms with E-state index in [-0.39, 0.29) is 29.0 Å². The molecule has 4 N–H and O–H groups in total. The summed E-state index contributed by atoms with van der Waals surface area (Å²) in [4.78, 5) is 16.6. The number of rotatable bonds is 3. The van der Waals surface area contributed by atoms with Crippen LogP contribution in [0.1, 0.15) is 17.3 Å². The van der Waals surface area contributed by atoms with Gasteiger partial charge in [0.1, 0.15) is 0 Å². The van der Waals surface area contributed by atoms with E-state index < -0.39 is 0 Å². The van der Waals surface area contributed by atoms with Crippen LogP contribution in [0, 0.1) is 0 Å². The molecule has 1 fully saturated rings. The van der Waals surface area contributed by atoms with E-state index in [0.29, 0.717) is 31.2 Å². The number of thiocarbonyl (C=S) groups is 1. The van der Waals surface area contributed by atoms with Gasteiger partial charge in [0, 0.05) is 26.2 Å². The van der Waals surface area contributed by atoms with E-state index in [1.165, 1.54) is 18.2 Å². The third-order valence-corrected chi connectivity index (χ3v) is 4.15. The quantitative estimate of drug-likeness (QED) is 0.557. The smallest absolute Gasteiger partial charge is 0.257 e. The first-order valence-corrected chi connectivity index (χ1v) is 7.16. The number of nitrogens with zero attached hydrogens (tertiary/aromatic N) is 2. The number of phenolic OH excluding ortho intramolecular Hbond substituents is 2. The summed E-state index contributed by atoms with van der Waals surface area (Å²) in [7, 11) is 0. The summed E-state index contributed by atoms with van der Waals surface area (Å²) in [5.74, 6) is -0.950. The molecule has 0 bridgehead atoms. The van der Waals surface area contributed by atoms with Crippen LogP contribution >= 0.6 is 12.2 Å². The van der Waals surface area contributed by atoms with Gasteiger partial charge in [-0.05, 0) is 19.1 Å². The van der Waals surface area contributed by atoms with Crippen molar-refractivity contribution >= 4 is 23.1 Å². The van der Waals surface area contributed by atoms with Gasteiger partial charge in [0.25, 0.3) is 5.91 Å². The Balaban J connectivity index is 2.04. The van der Waals surface area contributed by atoms with Gasteiger partial charge in [0.05, 0.1) is 16.6 Å². The third-order valence-electron chi connectivity index (χ3n) is 3.81. The minimum absolute atomic E-state index is 0.00595. The molecule has 0 saturated carbocycles. The zero-order valence-corrected chi connectivity index (χ0v) is 12.6. The highest BCUT2D eigenvalue weighted by molar-refractivity contribution is 7.80. The number of aromatic hydroxyl groups is 2. The monoisotopic (exact) mass is 309 g/mol. The molecule has 0 aliphatic carbocycles. The van der Waals surface area contributed by atoms with Gasteiger partial charge in [0.15, 0.2) is 11.5 Å². The van der Waals surface area contributed by atoms with Crippen molar-refractivity contribution in [3.8, 4) is 11.5 Å². The van der Waals surface area contributed by atoms with Gasteiger partial charge in [-0.25, -0.2) is 0 Å². The summed E-state index contributed by atoms with van der Waals surface area (Å²) in [5.41, 5.74) is 5.75. The standard InChI is InChI=1S/C14H19N3O3S/c1-9(13(15)21)16-5-7-17(8-6-16)14(20)10-3-2-4-11(18)12(10)19/h2-4,9,18-19H,5-8H2,1H3,(H2,15,21). The van der Waals surface area contributed by atoms with Gasteiger partial charge in [-0.1, -0.05) is 18.3 Å². The molecule has 1 amide bonds. The molecule has 0 spiro atoms. The van der Waals surface area contributed by atoms with Crippen LogP contribution in [0.3, 0.4) is 0 Å². The Morgan fingerprint density at radius 1 is 1.29 bits per heavy atom. The van der Waals surface area contributed by atoms with E-state index in [2.05, 4.69) is 4.90 Å². The second-order valence-corrected chi connectivity index (χ2v) is 5.55. The SMILES string of the molecule is CC(C(N)=S)N1CCN(C(=O)c2cccc(O)c2O)CC1. The number of para-hydroxylation sites is 1. The average molecular weight is 309 g/mol. The van der Waals surface area contributed by atoms with E-state index >= 15 is 0 Å². The van der Waals surface area contributed by atoms with Crippen LogP contribution in [0.4, 0.5) is 0 Å². The van der Waals surface area contributed by atoms with E-state index in [4.69, 9.17) is 18.0 Å². The molecular formula is C14H19N3O3S. The van der Waals surface area contributed by atoms with Crippen molar-refractivity contribution in [2.75, 3.05) is 26.2 Å². The lowest BCUT2D eigenvalue weighted by Crippen LogP contribution is -2.53. The van der Waals surface area contributed by atoms with Crippen LogP contribution in [0.2, 0.25) is 0 Å². The third kappa shape index (κ3) is 3.25. The molecule has 6 nitrogen and oxygen atoms in total. The number of phenols is 2. The molecule has 0 radical (unpaired) electrons. The summed E-state index contributed by atoms with van der Waals surface area (Å²) in [6.07, 6.45) is 0. The minimum Gasteiger partial charge on any atom is -0.504 e. The zero-order valence-electron chi connectivity index (χ0n) is 11.8. The molecule has 1 unspecified atom stereocenters. The lowest BCUT2D eigenvalue weighted by atomic mass is 10.1. The number of hydrogen-bond donors (Lipinski definition) is 3. The summed E-state index contributed by atoms with van der Waals surface area (Å²) in [6.45, 7) is 4.34. The molecule has 0 aromatic heterocycles. The predicted molar refractivity (Wildman–Crippen MR) is 83.5 cm³/mol. The summed E-state index contributed by atoms with van der Waals surface area (Å²) >= 11 is 4.98. The summed E-state index contributed by atoms with van der Waals surface area (Å²) < 4.78 is 0. The van der Waals surface area contributed by atoms with Crippen molar-refractivity contribution in [3.05, 3.63) is 23.8 Å². The summed E-state index contributed by atoms with van der Waals surface area (Å²) in [5, 5.41) is 19.2. The number of carbonyl (C=O) groups is 1. The molecule has 1 heterocycles. The fraction of sp³-hybridized carbons (Fsp3) is 0.429. The molecule has 21 heavy (non-hydrogen) atoms. The highest BCUT2D eigenvalue weighted by Gasteiger charge is 2.27. The topological polar surface area (TPSA) is 90.0 Å². The Labute approximate surface area is 128 Å². The Morgan fingerprint density at radius 3 is 2.48 bits per heavy atom. The number of carbonyl (C=O) groups excluding carboxylic acids is 1. The van der Waals surface area contributed by atoms with Crippen molar-refractivity contribution in [2.24, 2.45) is 5.73 Å². The molecule has 1 aromatic carbocycles. The average Bonchev–Trinajstić information content (AvgIpc) is 2.48. The number of piperazine rings is 1. The lowest BCUT2D eigenvalue weighted by molar-refractivity contribution is 0.0618. The van der Waals surface area contributed by atoms with Crippen molar-refractivity contribution in [3.63, 3.8) is 0 Å². The Bertz CT molecular complexity index is 556. The van der Waals surface area contributed by atoms with Crippen molar-refractivity contribution < 1.29 is 15.0 Å². The first-order valence-electron chi connectivity index (χ1n) is 6.75. The molecule has 1 aliphatic rings. The largest absolute Gasteiger partial charge is 0.504 e. The highest BCUT2D eigenvalue weighted by Crippen LogP contribution is 2.29. The van der Waals surface area contributed by atoms with Crippen molar-refractivity contribution in [1.82, 2.24) is 9.80 Å². The van der Waals surface area contributed by atoms with Crippen LogP contribution in [0.5, 0.6) is 11.5 Å². The zero-order chi connectivity index (χ0) is 15.6. The van der Waals surface area contributed by atoms with Crippen LogP contribution in [0.15, 0.2) is 18.2 Å². The van der Waals surface area contributed by atoms with Gasteiger partial charge >= 0.3 is 0 Å². The fourth-order valence-electron chi connectivity index (χ4n) is 2.37. The van der Waals surface area contributed by atoms with Crippen LogP contribution in [-0.4, -0.2) is 63.1 Å². The fourth-order valence-corrected chi connectivity index (χ4v) is 2.52. The normalized spacial score (nSPS) is 17.5. The molecule has 1 saturated heterocycles. The number of nitrogens with two attached hydrogens (primary N) is 1. The van der Waals surface area contributed by atoms with E-state index in [1.807, 2.05) is 6.92 Å². The molecule has 1 atom stereocenters. The first kappa shape index (κ1) is 15.5. The van der Waals surface area contributed by atoms with Crippen LogP contribution in [0.25, 0.3) is 0 Å². The van der Waals surface area contributed by atoms with E-state index in [9.17, 15) is 15.0 Å². The molecule has 7 heteroatoms. The molecular weight excluding hydrogens is 290 g/mol. The second kappa shape index (κ2) is 6.28. The maximum atomic E-state index is 12.4. The molecule has 1 aliphatic heterocycles. The van der Waals surface area contributed by atoms with E-state index in [1.54, 1.807) is 4.90 Å². The maximum Gasteiger partial charge on any atom is 0.257 e. The Hall–Kier alpha value is -1.86. The van der Waals surface area contributed by atoms with Gasteiger partial charge in [-0.2, -0.15) is 0 Å². The van der Waals surface area contributed by atoms with E-state index in [0.717, 1.165) is 0 Å². The predicted octanol–water partition coefficient (Wildman–Crippen LogP) is 0.530. The van der Waals surface area contributed by atoms with Crippen molar-refractivity contribution in [2.45, 2.75) is 13.0 Å².